The largest absolute Gasteiger partial charge is 0.478 e. The molecule has 0 saturated carbocycles. The van der Waals surface area contributed by atoms with E-state index in [4.69, 9.17) is 9.84 Å². The number of nitrogens with one attached hydrogen (secondary N) is 1. The number of aromatic carboxylic acids is 1. The van der Waals surface area contributed by atoms with Crippen molar-refractivity contribution in [3.63, 3.8) is 0 Å². The van der Waals surface area contributed by atoms with E-state index in [1.54, 1.807) is 7.11 Å². The lowest BCUT2D eigenvalue weighted by molar-refractivity contribution is 0.0696. The third kappa shape index (κ3) is 4.55. The van der Waals surface area contributed by atoms with Gasteiger partial charge in [0.1, 0.15) is 10.7 Å². The maximum atomic E-state index is 13.6. The fourth-order valence-corrected chi connectivity index (χ4v) is 2.64. The lowest BCUT2D eigenvalue weighted by Crippen LogP contribution is -2.26. The molecule has 1 aromatic rings. The zero-order valence-electron chi connectivity index (χ0n) is 10.9. The summed E-state index contributed by atoms with van der Waals surface area (Å²) < 4.78 is 44.4. The van der Waals surface area contributed by atoms with Gasteiger partial charge in [0.15, 0.2) is 0 Å². The van der Waals surface area contributed by atoms with E-state index in [1.807, 2.05) is 0 Å². The minimum Gasteiger partial charge on any atom is -0.478 e. The number of benzene rings is 1. The molecule has 0 bridgehead atoms. The molecule has 0 aliphatic rings. The number of carboxylic acids is 1. The monoisotopic (exact) mass is 305 g/mol. The molecule has 0 atom stereocenters. The number of methoxy groups -OCH3 is 1. The first-order chi connectivity index (χ1) is 9.38. The average Bonchev–Trinajstić information content (AvgIpc) is 2.37. The Labute approximate surface area is 116 Å². The molecular formula is C12H16FNO5S. The molecule has 6 nitrogen and oxygen atoms in total. The molecule has 0 spiro atoms. The molecule has 0 radical (unpaired) electrons. The Kier molecular flexibility index (Phi) is 6.05. The van der Waals surface area contributed by atoms with Crippen LogP contribution < -0.4 is 4.72 Å². The van der Waals surface area contributed by atoms with Gasteiger partial charge in [-0.15, -0.1) is 0 Å². The van der Waals surface area contributed by atoms with Crippen LogP contribution in [0.5, 0.6) is 0 Å². The summed E-state index contributed by atoms with van der Waals surface area (Å²) in [5.74, 6) is -2.41. The van der Waals surface area contributed by atoms with E-state index in [2.05, 4.69) is 4.72 Å². The highest BCUT2D eigenvalue weighted by Gasteiger charge is 2.19. The highest BCUT2D eigenvalue weighted by Crippen LogP contribution is 2.16. The van der Waals surface area contributed by atoms with Crippen LogP contribution in [0.25, 0.3) is 0 Å². The van der Waals surface area contributed by atoms with Crippen molar-refractivity contribution < 1.29 is 27.4 Å². The van der Waals surface area contributed by atoms with E-state index in [1.165, 1.54) is 0 Å². The molecule has 0 saturated heterocycles. The zero-order valence-corrected chi connectivity index (χ0v) is 11.7. The SMILES string of the molecule is COCCCCNS(=O)(=O)c1ccc(C(=O)O)cc1F. The molecule has 2 N–H and O–H groups in total. The van der Waals surface area contributed by atoms with E-state index in [0.29, 0.717) is 25.5 Å². The lowest BCUT2D eigenvalue weighted by Gasteiger charge is -2.08. The second-order valence-corrected chi connectivity index (χ2v) is 5.78. The molecule has 0 aromatic heterocycles. The molecule has 0 fully saturated rings. The van der Waals surface area contributed by atoms with Crippen LogP contribution in [0.15, 0.2) is 23.1 Å². The molecule has 112 valence electrons. The number of sulfonamides is 1. The van der Waals surface area contributed by atoms with Crippen LogP contribution in [0.2, 0.25) is 0 Å². The van der Waals surface area contributed by atoms with Gasteiger partial charge in [-0.05, 0) is 31.0 Å². The van der Waals surface area contributed by atoms with Crippen molar-refractivity contribution in [2.75, 3.05) is 20.3 Å². The normalized spacial score (nSPS) is 11.5. The number of ether oxygens (including phenoxy) is 1. The molecule has 20 heavy (non-hydrogen) atoms. The first kappa shape index (κ1) is 16.5. The van der Waals surface area contributed by atoms with Gasteiger partial charge in [0, 0.05) is 20.3 Å². The van der Waals surface area contributed by atoms with Crippen LogP contribution in [-0.4, -0.2) is 39.8 Å². The van der Waals surface area contributed by atoms with Crippen molar-refractivity contribution in [3.05, 3.63) is 29.6 Å². The average molecular weight is 305 g/mol. The Morgan fingerprint density at radius 2 is 2.10 bits per heavy atom. The van der Waals surface area contributed by atoms with Crippen molar-refractivity contribution in [2.24, 2.45) is 0 Å². The zero-order chi connectivity index (χ0) is 15.2. The van der Waals surface area contributed by atoms with E-state index in [-0.39, 0.29) is 12.1 Å². The summed E-state index contributed by atoms with van der Waals surface area (Å²) in [6.45, 7) is 0.676. The van der Waals surface area contributed by atoms with Gasteiger partial charge >= 0.3 is 5.97 Å². The first-order valence-electron chi connectivity index (χ1n) is 5.90. The van der Waals surface area contributed by atoms with Crippen LogP contribution in [0.4, 0.5) is 4.39 Å². The van der Waals surface area contributed by atoms with Crippen LogP contribution in [0.3, 0.4) is 0 Å². The minimum absolute atomic E-state index is 0.159. The van der Waals surface area contributed by atoms with Gasteiger partial charge in [0.2, 0.25) is 10.0 Å². The van der Waals surface area contributed by atoms with Crippen molar-refractivity contribution in [3.8, 4) is 0 Å². The number of hydrogen-bond acceptors (Lipinski definition) is 4. The summed E-state index contributed by atoms with van der Waals surface area (Å²) >= 11 is 0. The van der Waals surface area contributed by atoms with Gasteiger partial charge < -0.3 is 9.84 Å². The second kappa shape index (κ2) is 7.32. The Bertz CT molecular complexity index is 573. The molecule has 1 aromatic carbocycles. The van der Waals surface area contributed by atoms with E-state index in [9.17, 15) is 17.6 Å². The van der Waals surface area contributed by atoms with Gasteiger partial charge in [-0.25, -0.2) is 22.3 Å². The van der Waals surface area contributed by atoms with Crippen molar-refractivity contribution in [1.29, 1.82) is 0 Å². The third-order valence-corrected chi connectivity index (χ3v) is 4.03. The molecule has 0 amide bonds. The summed E-state index contributed by atoms with van der Waals surface area (Å²) in [6.07, 6.45) is 1.24. The topological polar surface area (TPSA) is 92.7 Å². The van der Waals surface area contributed by atoms with E-state index >= 15 is 0 Å². The van der Waals surface area contributed by atoms with Crippen molar-refractivity contribution in [2.45, 2.75) is 17.7 Å². The van der Waals surface area contributed by atoms with E-state index in [0.717, 1.165) is 12.1 Å². The van der Waals surface area contributed by atoms with Crippen LogP contribution >= 0.6 is 0 Å². The third-order valence-electron chi connectivity index (χ3n) is 2.54. The molecule has 0 aliphatic heterocycles. The fraction of sp³-hybridized carbons (Fsp3) is 0.417. The smallest absolute Gasteiger partial charge is 0.335 e. The first-order valence-corrected chi connectivity index (χ1v) is 7.38. The minimum atomic E-state index is -3.98. The number of halogens is 1. The van der Waals surface area contributed by atoms with Crippen molar-refractivity contribution >= 4 is 16.0 Å². The molecule has 0 heterocycles. The Morgan fingerprint density at radius 3 is 2.65 bits per heavy atom. The van der Waals surface area contributed by atoms with Gasteiger partial charge in [-0.3, -0.25) is 0 Å². The van der Waals surface area contributed by atoms with Crippen molar-refractivity contribution in [1.82, 2.24) is 4.72 Å². The number of carboxylic acid groups (broad SMARTS) is 1. The summed E-state index contributed by atoms with van der Waals surface area (Å²) in [5.41, 5.74) is -0.304. The lowest BCUT2D eigenvalue weighted by atomic mass is 10.2. The summed E-state index contributed by atoms with van der Waals surface area (Å²) in [7, 11) is -2.43. The molecular weight excluding hydrogens is 289 g/mol. The Balaban J connectivity index is 2.75. The number of unbranched alkanes of at least 4 members (excludes halogenated alkanes) is 1. The van der Waals surface area contributed by atoms with Gasteiger partial charge in [-0.2, -0.15) is 0 Å². The molecule has 8 heteroatoms. The van der Waals surface area contributed by atoms with Gasteiger partial charge in [0.05, 0.1) is 5.56 Å². The Morgan fingerprint density at radius 1 is 1.40 bits per heavy atom. The molecule has 0 aliphatic carbocycles. The predicted molar refractivity (Wildman–Crippen MR) is 69.7 cm³/mol. The second-order valence-electron chi connectivity index (χ2n) is 4.05. The van der Waals surface area contributed by atoms with Gasteiger partial charge in [0.25, 0.3) is 0 Å². The van der Waals surface area contributed by atoms with Crippen LogP contribution in [0, 0.1) is 5.82 Å². The number of hydrogen-bond donors (Lipinski definition) is 2. The standard InChI is InChI=1S/C12H16FNO5S/c1-19-7-3-2-6-14-20(17,18)11-5-4-9(12(15)16)8-10(11)13/h4-5,8,14H,2-3,6-7H2,1H3,(H,15,16). The van der Waals surface area contributed by atoms with Crippen LogP contribution in [0.1, 0.15) is 23.2 Å². The highest BCUT2D eigenvalue weighted by atomic mass is 32.2. The fourth-order valence-electron chi connectivity index (χ4n) is 1.51. The summed E-state index contributed by atoms with van der Waals surface area (Å²) in [6, 6.07) is 2.67. The quantitative estimate of drug-likeness (QED) is 0.705. The molecule has 0 unspecified atom stereocenters. The van der Waals surface area contributed by atoms with E-state index < -0.39 is 26.7 Å². The predicted octanol–water partition coefficient (Wildman–Crippen LogP) is 1.23. The highest BCUT2D eigenvalue weighted by molar-refractivity contribution is 7.89. The summed E-state index contributed by atoms with van der Waals surface area (Å²) in [5, 5.41) is 8.68. The molecule has 1 rings (SSSR count). The summed E-state index contributed by atoms with van der Waals surface area (Å²) in [4.78, 5) is 10.1. The van der Waals surface area contributed by atoms with Gasteiger partial charge in [-0.1, -0.05) is 0 Å². The maximum absolute atomic E-state index is 13.6. The maximum Gasteiger partial charge on any atom is 0.335 e. The van der Waals surface area contributed by atoms with Crippen LogP contribution in [-0.2, 0) is 14.8 Å². The number of rotatable bonds is 8. The Hall–Kier alpha value is -1.51. The number of carbonyl (C=O) groups is 1.